The zero-order valence-corrected chi connectivity index (χ0v) is 15.5. The summed E-state index contributed by atoms with van der Waals surface area (Å²) in [6, 6.07) is 12.1. The fourth-order valence-electron chi connectivity index (χ4n) is 2.77. The number of oxime groups is 1. The molecule has 6 nitrogen and oxygen atoms in total. The van der Waals surface area contributed by atoms with Crippen LogP contribution in [0.4, 0.5) is 5.82 Å². The van der Waals surface area contributed by atoms with Gasteiger partial charge in [0.25, 0.3) is 0 Å². The first-order valence-corrected chi connectivity index (χ1v) is 8.93. The summed E-state index contributed by atoms with van der Waals surface area (Å²) in [5.41, 5.74) is 4.71. The van der Waals surface area contributed by atoms with E-state index in [2.05, 4.69) is 22.5 Å². The molecule has 0 aliphatic carbocycles. The summed E-state index contributed by atoms with van der Waals surface area (Å²) in [4.78, 5) is 4.82. The number of aryl methyl sites for hydroxylation is 1. The lowest BCUT2D eigenvalue weighted by molar-refractivity contribution is 0.321. The lowest BCUT2D eigenvalue weighted by Crippen LogP contribution is -2.11. The molecular weight excluding hydrogens is 338 g/mol. The molecule has 2 heterocycles. The molecule has 0 radical (unpaired) electrons. The van der Waals surface area contributed by atoms with Crippen molar-refractivity contribution >= 4 is 17.7 Å². The molecule has 1 aromatic carbocycles. The number of fused-ring (bicyclic) bond motifs is 1. The molecule has 0 bridgehead atoms. The van der Waals surface area contributed by atoms with E-state index in [1.165, 1.54) is 6.21 Å². The lowest BCUT2D eigenvalue weighted by atomic mass is 10.1. The second-order valence-electron chi connectivity index (χ2n) is 6.02. The second-order valence-corrected chi connectivity index (χ2v) is 6.02. The highest BCUT2D eigenvalue weighted by atomic mass is 16.4. The van der Waals surface area contributed by atoms with Crippen LogP contribution in [0.2, 0.25) is 0 Å². The SMILES string of the molecule is C\C=C/C=C(\C=N\O)CNc1cc(-c2ccccc2)nc2c(CC)cnn12. The molecule has 0 unspecified atom stereocenters. The van der Waals surface area contributed by atoms with E-state index in [0.29, 0.717) is 6.54 Å². The summed E-state index contributed by atoms with van der Waals surface area (Å²) in [6.07, 6.45) is 9.85. The van der Waals surface area contributed by atoms with Gasteiger partial charge in [0.05, 0.1) is 18.1 Å². The molecule has 0 aliphatic heterocycles. The molecule has 0 fully saturated rings. The maximum atomic E-state index is 8.88. The number of hydrogen-bond donors (Lipinski definition) is 2. The van der Waals surface area contributed by atoms with Gasteiger partial charge < -0.3 is 10.5 Å². The zero-order valence-electron chi connectivity index (χ0n) is 15.5. The van der Waals surface area contributed by atoms with Crippen molar-refractivity contribution in [1.82, 2.24) is 14.6 Å². The highest BCUT2D eigenvalue weighted by molar-refractivity contribution is 5.80. The Morgan fingerprint density at radius 2 is 2.11 bits per heavy atom. The van der Waals surface area contributed by atoms with Gasteiger partial charge in [-0.05, 0) is 18.9 Å². The van der Waals surface area contributed by atoms with Gasteiger partial charge in [-0.15, -0.1) is 0 Å². The highest BCUT2D eigenvalue weighted by Gasteiger charge is 2.12. The molecule has 2 N–H and O–H groups in total. The molecular formula is C21H23N5O. The molecule has 138 valence electrons. The third-order valence-corrected chi connectivity index (χ3v) is 4.20. The van der Waals surface area contributed by atoms with Crippen LogP contribution in [-0.4, -0.2) is 32.6 Å². The van der Waals surface area contributed by atoms with Crippen molar-refractivity contribution in [3.05, 3.63) is 72.0 Å². The van der Waals surface area contributed by atoms with Gasteiger partial charge in [0.2, 0.25) is 0 Å². The summed E-state index contributed by atoms with van der Waals surface area (Å²) in [5, 5.41) is 19.9. The number of anilines is 1. The molecule has 27 heavy (non-hydrogen) atoms. The molecule has 0 amide bonds. The molecule has 6 heteroatoms. The average molecular weight is 361 g/mol. The standard InChI is InChI=1S/C21H23N5O/c1-3-5-9-16(14-24-27)13-22-20-12-19(18-10-7-6-8-11-18)25-21-17(4-2)15-23-26(20)21/h3,5-12,14-15,22,27H,4,13H2,1-2H3/b5-3-,16-9-,24-14+. The maximum Gasteiger partial charge on any atom is 0.161 e. The number of allylic oxidation sites excluding steroid dienone is 3. The van der Waals surface area contributed by atoms with Crippen molar-refractivity contribution < 1.29 is 5.21 Å². The lowest BCUT2D eigenvalue weighted by Gasteiger charge is -2.11. The van der Waals surface area contributed by atoms with Crippen molar-refractivity contribution in [2.24, 2.45) is 5.16 Å². The third-order valence-electron chi connectivity index (χ3n) is 4.20. The van der Waals surface area contributed by atoms with Gasteiger partial charge in [0, 0.05) is 23.7 Å². The average Bonchev–Trinajstić information content (AvgIpc) is 3.13. The Morgan fingerprint density at radius 3 is 2.81 bits per heavy atom. The summed E-state index contributed by atoms with van der Waals surface area (Å²) in [6.45, 7) is 4.52. The number of nitrogens with one attached hydrogen (secondary N) is 1. The van der Waals surface area contributed by atoms with Crippen LogP contribution in [0.25, 0.3) is 16.9 Å². The Labute approximate surface area is 158 Å². The number of aromatic nitrogens is 3. The van der Waals surface area contributed by atoms with Crippen LogP contribution in [0, 0.1) is 0 Å². The molecule has 0 saturated heterocycles. The van der Waals surface area contributed by atoms with E-state index in [0.717, 1.165) is 40.3 Å². The van der Waals surface area contributed by atoms with Crippen molar-refractivity contribution in [2.45, 2.75) is 20.3 Å². The fraction of sp³-hybridized carbons (Fsp3) is 0.190. The predicted molar refractivity (Wildman–Crippen MR) is 109 cm³/mol. The topological polar surface area (TPSA) is 74.8 Å². The summed E-state index contributed by atoms with van der Waals surface area (Å²) in [7, 11) is 0. The van der Waals surface area contributed by atoms with E-state index in [1.807, 2.05) is 72.3 Å². The minimum Gasteiger partial charge on any atom is -0.411 e. The Balaban J connectivity index is 2.02. The van der Waals surface area contributed by atoms with E-state index >= 15 is 0 Å². The fourth-order valence-corrected chi connectivity index (χ4v) is 2.77. The summed E-state index contributed by atoms with van der Waals surface area (Å²) in [5.74, 6) is 0.830. The quantitative estimate of drug-likeness (QED) is 0.284. The first-order chi connectivity index (χ1) is 13.3. The van der Waals surface area contributed by atoms with Crippen LogP contribution in [0.3, 0.4) is 0 Å². The van der Waals surface area contributed by atoms with Crippen molar-refractivity contribution in [1.29, 1.82) is 0 Å². The van der Waals surface area contributed by atoms with Crippen LogP contribution in [-0.2, 0) is 6.42 Å². The van der Waals surface area contributed by atoms with Crippen LogP contribution in [0.15, 0.2) is 71.6 Å². The minimum absolute atomic E-state index is 0.489. The summed E-state index contributed by atoms with van der Waals surface area (Å²) < 4.78 is 1.81. The Morgan fingerprint density at radius 1 is 1.30 bits per heavy atom. The molecule has 2 aromatic heterocycles. The molecule has 0 atom stereocenters. The van der Waals surface area contributed by atoms with Crippen LogP contribution >= 0.6 is 0 Å². The maximum absolute atomic E-state index is 8.88. The summed E-state index contributed by atoms with van der Waals surface area (Å²) >= 11 is 0. The van der Waals surface area contributed by atoms with Gasteiger partial charge in [-0.25, -0.2) is 4.98 Å². The number of rotatable bonds is 7. The number of hydrogen-bond acceptors (Lipinski definition) is 5. The molecule has 0 aliphatic rings. The van der Waals surface area contributed by atoms with Gasteiger partial charge in [-0.2, -0.15) is 9.61 Å². The third kappa shape index (κ3) is 4.23. The van der Waals surface area contributed by atoms with Crippen LogP contribution in [0.1, 0.15) is 19.4 Å². The van der Waals surface area contributed by atoms with Gasteiger partial charge >= 0.3 is 0 Å². The molecule has 3 aromatic rings. The smallest absolute Gasteiger partial charge is 0.161 e. The number of benzene rings is 1. The highest BCUT2D eigenvalue weighted by Crippen LogP contribution is 2.24. The van der Waals surface area contributed by atoms with Crippen molar-refractivity contribution in [3.8, 4) is 11.3 Å². The normalized spacial score (nSPS) is 12.4. The molecule has 0 spiro atoms. The number of nitrogens with zero attached hydrogens (tertiary/aromatic N) is 4. The van der Waals surface area contributed by atoms with E-state index in [9.17, 15) is 0 Å². The van der Waals surface area contributed by atoms with Gasteiger partial charge in [-0.3, -0.25) is 0 Å². The first kappa shape index (κ1) is 18.4. The largest absolute Gasteiger partial charge is 0.411 e. The van der Waals surface area contributed by atoms with E-state index in [1.54, 1.807) is 0 Å². The van der Waals surface area contributed by atoms with Crippen molar-refractivity contribution in [3.63, 3.8) is 0 Å². The van der Waals surface area contributed by atoms with Crippen LogP contribution < -0.4 is 5.32 Å². The molecule has 3 rings (SSSR count). The van der Waals surface area contributed by atoms with E-state index in [-0.39, 0.29) is 0 Å². The minimum atomic E-state index is 0.489. The van der Waals surface area contributed by atoms with E-state index < -0.39 is 0 Å². The monoisotopic (exact) mass is 361 g/mol. The Bertz CT molecular complexity index is 986. The van der Waals surface area contributed by atoms with Crippen LogP contribution in [0.5, 0.6) is 0 Å². The van der Waals surface area contributed by atoms with Gasteiger partial charge in [0.15, 0.2) is 5.65 Å². The van der Waals surface area contributed by atoms with Gasteiger partial charge in [0.1, 0.15) is 5.82 Å². The second kappa shape index (κ2) is 8.80. The molecule has 0 saturated carbocycles. The van der Waals surface area contributed by atoms with E-state index in [4.69, 9.17) is 10.2 Å². The Kier molecular flexibility index (Phi) is 5.99. The first-order valence-electron chi connectivity index (χ1n) is 8.93. The zero-order chi connectivity index (χ0) is 19.1. The Hall–Kier alpha value is -3.41. The van der Waals surface area contributed by atoms with Gasteiger partial charge in [-0.1, -0.05) is 60.6 Å². The predicted octanol–water partition coefficient (Wildman–Crippen LogP) is 4.33. The van der Waals surface area contributed by atoms with Crippen molar-refractivity contribution in [2.75, 3.05) is 11.9 Å².